The van der Waals surface area contributed by atoms with E-state index >= 15 is 0 Å². The molecule has 2 heterocycles. The number of hydrogen-bond donors (Lipinski definition) is 0. The smallest absolute Gasteiger partial charge is 0.164 e. The third kappa shape index (κ3) is 6.54. The Bertz CT molecular complexity index is 3430. The number of aromatic nitrogens is 5. The quantitative estimate of drug-likeness (QED) is 0.161. The van der Waals surface area contributed by atoms with Crippen LogP contribution in [0, 0.1) is 11.3 Å². The van der Waals surface area contributed by atoms with Crippen molar-refractivity contribution in [2.45, 2.75) is 26.2 Å². The standard InChI is InChI=1S/C55H38N6/c1-2-52-57-49-17-8-9-18-51(49)61(52)50-28-27-46(47-15-6-7-16-48(47)50)41-25-22-37-21-24-40(31-45(37)32-41)39-13-10-14-42(30-39)54-58-53(38-11-4-3-5-12-38)59-55(60-54)43-26-23-36-20-19-35(34-56)29-44(36)33-43/h3-7,9-16,18-33H,2,8,17H2,1H3. The van der Waals surface area contributed by atoms with Crippen LogP contribution < -0.4 is 0 Å². The molecule has 0 amide bonds. The van der Waals surface area contributed by atoms with E-state index in [9.17, 15) is 5.26 Å². The van der Waals surface area contributed by atoms with Crippen molar-refractivity contribution in [1.82, 2.24) is 24.5 Å². The van der Waals surface area contributed by atoms with E-state index in [-0.39, 0.29) is 0 Å². The molecule has 288 valence electrons. The number of aryl methyl sites for hydroxylation is 2. The number of imidazole rings is 1. The van der Waals surface area contributed by atoms with Crippen molar-refractivity contribution < 1.29 is 0 Å². The SMILES string of the molecule is CCc1nc2c(n1-c1ccc(-c3ccc4ccc(-c5cccc(-c6nc(-c7ccccc7)nc(-c7ccc8ccc(C#N)cc8c7)n6)c5)cc4c3)c3ccccc13)C=CCC2. The monoisotopic (exact) mass is 782 g/mol. The van der Waals surface area contributed by atoms with E-state index in [1.165, 1.54) is 49.7 Å². The summed E-state index contributed by atoms with van der Waals surface area (Å²) in [6, 6.07) is 59.3. The maximum Gasteiger partial charge on any atom is 0.164 e. The van der Waals surface area contributed by atoms with Crippen molar-refractivity contribution in [2.24, 2.45) is 0 Å². The summed E-state index contributed by atoms with van der Waals surface area (Å²) in [5, 5.41) is 16.3. The maximum atomic E-state index is 9.55. The Morgan fingerprint density at radius 2 is 1.13 bits per heavy atom. The molecule has 10 aromatic rings. The van der Waals surface area contributed by atoms with Gasteiger partial charge in [0.1, 0.15) is 5.82 Å². The lowest BCUT2D eigenvalue weighted by atomic mass is 9.93. The summed E-state index contributed by atoms with van der Waals surface area (Å²) >= 11 is 0. The van der Waals surface area contributed by atoms with Crippen molar-refractivity contribution >= 4 is 38.4 Å². The van der Waals surface area contributed by atoms with Gasteiger partial charge in [0.15, 0.2) is 17.5 Å². The third-order valence-electron chi connectivity index (χ3n) is 11.8. The van der Waals surface area contributed by atoms with Crippen molar-refractivity contribution in [3.63, 3.8) is 0 Å². The van der Waals surface area contributed by atoms with Crippen molar-refractivity contribution in [2.75, 3.05) is 0 Å². The molecule has 0 saturated heterocycles. The first kappa shape index (κ1) is 36.1. The number of hydrogen-bond acceptors (Lipinski definition) is 5. The third-order valence-corrected chi connectivity index (χ3v) is 11.8. The largest absolute Gasteiger partial charge is 0.296 e. The normalized spacial score (nSPS) is 12.2. The summed E-state index contributed by atoms with van der Waals surface area (Å²) in [6.45, 7) is 2.19. The minimum atomic E-state index is 0.573. The van der Waals surface area contributed by atoms with Crippen LogP contribution in [-0.2, 0) is 12.8 Å². The van der Waals surface area contributed by atoms with Crippen LogP contribution in [0.1, 0.15) is 36.1 Å². The van der Waals surface area contributed by atoms with E-state index in [4.69, 9.17) is 19.9 Å². The van der Waals surface area contributed by atoms with Crippen LogP contribution in [0.5, 0.6) is 0 Å². The molecule has 1 aliphatic carbocycles. The molecule has 61 heavy (non-hydrogen) atoms. The van der Waals surface area contributed by atoms with Crippen molar-refractivity contribution in [3.05, 3.63) is 193 Å². The van der Waals surface area contributed by atoms with Gasteiger partial charge in [-0.15, -0.1) is 0 Å². The number of rotatable bonds is 7. The summed E-state index contributed by atoms with van der Waals surface area (Å²) in [4.78, 5) is 20.1. The lowest BCUT2D eigenvalue weighted by Crippen LogP contribution is -2.04. The highest BCUT2D eigenvalue weighted by molar-refractivity contribution is 6.03. The van der Waals surface area contributed by atoms with Gasteiger partial charge in [-0.25, -0.2) is 19.9 Å². The first-order valence-corrected chi connectivity index (χ1v) is 20.8. The van der Waals surface area contributed by atoms with Gasteiger partial charge in [0.2, 0.25) is 0 Å². The highest BCUT2D eigenvalue weighted by atomic mass is 15.1. The Balaban J connectivity index is 0.981. The predicted octanol–water partition coefficient (Wildman–Crippen LogP) is 13.2. The summed E-state index contributed by atoms with van der Waals surface area (Å²) < 4.78 is 2.37. The topological polar surface area (TPSA) is 80.3 Å². The minimum absolute atomic E-state index is 0.573. The molecule has 0 N–H and O–H groups in total. The van der Waals surface area contributed by atoms with Gasteiger partial charge >= 0.3 is 0 Å². The van der Waals surface area contributed by atoms with Crippen LogP contribution in [0.25, 0.3) is 100 Å². The van der Waals surface area contributed by atoms with E-state index in [1.807, 2.05) is 66.7 Å². The van der Waals surface area contributed by atoms with Gasteiger partial charge in [-0.3, -0.25) is 4.57 Å². The fourth-order valence-corrected chi connectivity index (χ4v) is 8.77. The van der Waals surface area contributed by atoms with E-state index in [1.54, 1.807) is 0 Å². The van der Waals surface area contributed by atoms with Crippen molar-refractivity contribution in [3.8, 4) is 68.2 Å². The molecule has 0 bridgehead atoms. The van der Waals surface area contributed by atoms with E-state index in [2.05, 4.69) is 127 Å². The zero-order valence-corrected chi connectivity index (χ0v) is 33.5. The molecule has 0 unspecified atom stereocenters. The fourth-order valence-electron chi connectivity index (χ4n) is 8.77. The van der Waals surface area contributed by atoms with Crippen LogP contribution in [0.15, 0.2) is 170 Å². The molecule has 11 rings (SSSR count). The summed E-state index contributed by atoms with van der Waals surface area (Å²) in [6.07, 6.45) is 7.40. The second-order valence-corrected chi connectivity index (χ2v) is 15.6. The maximum absolute atomic E-state index is 9.55. The number of nitrogens with zero attached hydrogens (tertiary/aromatic N) is 6. The lowest BCUT2D eigenvalue weighted by Gasteiger charge is -2.17. The molecule has 0 fully saturated rings. The van der Waals surface area contributed by atoms with Gasteiger partial charge in [-0.1, -0.05) is 134 Å². The minimum Gasteiger partial charge on any atom is -0.296 e. The van der Waals surface area contributed by atoms with Gasteiger partial charge in [0.05, 0.1) is 28.7 Å². The summed E-state index contributed by atoms with van der Waals surface area (Å²) in [5.41, 5.74) is 11.4. The van der Waals surface area contributed by atoms with Crippen molar-refractivity contribution in [1.29, 1.82) is 5.26 Å². The average molecular weight is 783 g/mol. The lowest BCUT2D eigenvalue weighted by molar-refractivity contribution is 0.888. The number of allylic oxidation sites excluding steroid dienone is 1. The van der Waals surface area contributed by atoms with Crippen LogP contribution in [0.3, 0.4) is 0 Å². The number of nitriles is 1. The Morgan fingerprint density at radius 3 is 1.92 bits per heavy atom. The first-order chi connectivity index (χ1) is 30.1. The van der Waals surface area contributed by atoms with Crippen LogP contribution >= 0.6 is 0 Å². The van der Waals surface area contributed by atoms with E-state index < -0.39 is 0 Å². The van der Waals surface area contributed by atoms with Crippen LogP contribution in [0.4, 0.5) is 0 Å². The Labute approximate surface area is 353 Å². The molecule has 0 aliphatic heterocycles. The van der Waals surface area contributed by atoms with Gasteiger partial charge in [-0.2, -0.15) is 5.26 Å². The number of fused-ring (bicyclic) bond motifs is 4. The molecule has 0 radical (unpaired) electrons. The van der Waals surface area contributed by atoms with Crippen LogP contribution in [0.2, 0.25) is 0 Å². The van der Waals surface area contributed by atoms with Gasteiger partial charge in [-0.05, 0) is 111 Å². The Kier molecular flexibility index (Phi) is 8.87. The van der Waals surface area contributed by atoms with E-state index in [0.29, 0.717) is 23.0 Å². The predicted molar refractivity (Wildman–Crippen MR) is 248 cm³/mol. The van der Waals surface area contributed by atoms with Crippen LogP contribution in [-0.4, -0.2) is 24.5 Å². The molecule has 1 aliphatic rings. The molecular weight excluding hydrogens is 745 g/mol. The molecule has 6 nitrogen and oxygen atoms in total. The molecule has 2 aromatic heterocycles. The Hall–Kier alpha value is -8.01. The molecule has 0 spiro atoms. The second-order valence-electron chi connectivity index (χ2n) is 15.6. The van der Waals surface area contributed by atoms with Gasteiger partial charge in [0, 0.05) is 28.5 Å². The average Bonchev–Trinajstić information content (AvgIpc) is 3.71. The number of benzene rings is 8. The summed E-state index contributed by atoms with van der Waals surface area (Å²) in [5.74, 6) is 2.87. The van der Waals surface area contributed by atoms with E-state index in [0.717, 1.165) is 63.7 Å². The Morgan fingerprint density at radius 1 is 0.525 bits per heavy atom. The highest BCUT2D eigenvalue weighted by Gasteiger charge is 2.20. The zero-order chi connectivity index (χ0) is 40.9. The molecule has 8 aromatic carbocycles. The fraction of sp³-hybridized carbons (Fsp3) is 0.0727. The zero-order valence-electron chi connectivity index (χ0n) is 33.5. The first-order valence-electron chi connectivity index (χ1n) is 20.8. The van der Waals surface area contributed by atoms with Gasteiger partial charge < -0.3 is 0 Å². The highest BCUT2D eigenvalue weighted by Crippen LogP contribution is 2.38. The summed E-state index contributed by atoms with van der Waals surface area (Å²) in [7, 11) is 0. The molecule has 0 atom stereocenters. The van der Waals surface area contributed by atoms with Gasteiger partial charge in [0.25, 0.3) is 0 Å². The molecular formula is C55H38N6. The molecule has 0 saturated carbocycles. The molecule has 6 heteroatoms. The second kappa shape index (κ2) is 15.0.